The van der Waals surface area contributed by atoms with Crippen molar-refractivity contribution in [2.24, 2.45) is 11.3 Å². The molecular formula is C15H19N3O2S. The van der Waals surface area contributed by atoms with E-state index in [0.717, 1.165) is 13.0 Å². The molecule has 0 N–H and O–H groups in total. The average Bonchev–Trinajstić information content (AvgIpc) is 3.16. The Balaban J connectivity index is 1.79. The van der Waals surface area contributed by atoms with Crippen molar-refractivity contribution in [2.45, 2.75) is 13.3 Å². The summed E-state index contributed by atoms with van der Waals surface area (Å²) < 4.78 is 0. The summed E-state index contributed by atoms with van der Waals surface area (Å²) in [5.74, 6) is 0.292. The second kappa shape index (κ2) is 5.26. The van der Waals surface area contributed by atoms with Crippen LogP contribution in [-0.2, 0) is 4.79 Å². The van der Waals surface area contributed by atoms with Gasteiger partial charge in [-0.2, -0.15) is 0 Å². The van der Waals surface area contributed by atoms with Gasteiger partial charge in [0.15, 0.2) is 0 Å². The van der Waals surface area contributed by atoms with Gasteiger partial charge < -0.3 is 9.80 Å². The first kappa shape index (κ1) is 14.3. The Morgan fingerprint density at radius 3 is 3.14 bits per heavy atom. The van der Waals surface area contributed by atoms with Crippen molar-refractivity contribution in [3.05, 3.63) is 29.2 Å². The minimum Gasteiger partial charge on any atom is -0.338 e. The van der Waals surface area contributed by atoms with Crippen LogP contribution in [0, 0.1) is 11.3 Å². The molecule has 1 aromatic rings. The van der Waals surface area contributed by atoms with E-state index in [-0.39, 0.29) is 17.7 Å². The summed E-state index contributed by atoms with van der Waals surface area (Å²) >= 11 is 1.41. The number of nitrogens with zero attached hydrogens (tertiary/aromatic N) is 3. The lowest BCUT2D eigenvalue weighted by atomic mass is 9.78. The maximum Gasteiger partial charge on any atom is 0.273 e. The van der Waals surface area contributed by atoms with E-state index in [1.54, 1.807) is 21.9 Å². The van der Waals surface area contributed by atoms with Crippen molar-refractivity contribution in [1.82, 2.24) is 14.8 Å². The Kier molecular flexibility index (Phi) is 3.57. The molecule has 2 saturated heterocycles. The van der Waals surface area contributed by atoms with Crippen LogP contribution in [-0.4, -0.2) is 52.8 Å². The number of aromatic nitrogens is 1. The number of carbonyl (C=O) groups excluding carboxylic acids is 2. The first-order valence-electron chi connectivity index (χ1n) is 7.16. The van der Waals surface area contributed by atoms with Gasteiger partial charge in [-0.15, -0.1) is 17.9 Å². The number of amides is 2. The zero-order valence-corrected chi connectivity index (χ0v) is 12.9. The molecule has 2 fully saturated rings. The third-order valence-electron chi connectivity index (χ3n) is 4.74. The number of carbonyl (C=O) groups is 2. The van der Waals surface area contributed by atoms with E-state index in [1.807, 2.05) is 4.90 Å². The Bertz CT molecular complexity index is 571. The summed E-state index contributed by atoms with van der Waals surface area (Å²) in [5, 5.41) is 1.76. The molecule has 3 rings (SSSR count). The van der Waals surface area contributed by atoms with Gasteiger partial charge in [0.05, 0.1) is 10.9 Å². The molecule has 0 saturated carbocycles. The zero-order chi connectivity index (χ0) is 15.0. The number of rotatable bonds is 3. The summed E-state index contributed by atoms with van der Waals surface area (Å²) in [6, 6.07) is 0. The second-order valence-corrected chi connectivity index (χ2v) is 6.63. The van der Waals surface area contributed by atoms with Crippen molar-refractivity contribution in [2.75, 3.05) is 26.2 Å². The molecular weight excluding hydrogens is 286 g/mol. The van der Waals surface area contributed by atoms with Gasteiger partial charge in [-0.25, -0.2) is 4.98 Å². The highest BCUT2D eigenvalue weighted by molar-refractivity contribution is 7.07. The van der Waals surface area contributed by atoms with Crippen LogP contribution in [0.25, 0.3) is 0 Å². The molecule has 2 aliphatic heterocycles. The minimum atomic E-state index is -0.408. The summed E-state index contributed by atoms with van der Waals surface area (Å²) in [7, 11) is 0. The average molecular weight is 305 g/mol. The maximum atomic E-state index is 12.7. The molecule has 3 heterocycles. The molecule has 2 aliphatic rings. The van der Waals surface area contributed by atoms with Crippen LogP contribution in [0.3, 0.4) is 0 Å². The van der Waals surface area contributed by atoms with Gasteiger partial charge in [-0.05, 0) is 12.3 Å². The van der Waals surface area contributed by atoms with Gasteiger partial charge in [-0.1, -0.05) is 13.0 Å². The number of thiazole rings is 1. The second-order valence-electron chi connectivity index (χ2n) is 5.91. The molecule has 1 aromatic heterocycles. The summed E-state index contributed by atoms with van der Waals surface area (Å²) in [5.41, 5.74) is 1.74. The van der Waals surface area contributed by atoms with Crippen molar-refractivity contribution in [3.8, 4) is 0 Å². The van der Waals surface area contributed by atoms with Gasteiger partial charge in [0.1, 0.15) is 5.69 Å². The van der Waals surface area contributed by atoms with Crippen LogP contribution in [0.4, 0.5) is 0 Å². The van der Waals surface area contributed by atoms with Crippen LogP contribution >= 0.6 is 11.3 Å². The smallest absolute Gasteiger partial charge is 0.273 e. The molecule has 0 aliphatic carbocycles. The molecule has 0 bridgehead atoms. The van der Waals surface area contributed by atoms with Gasteiger partial charge >= 0.3 is 0 Å². The Morgan fingerprint density at radius 2 is 2.48 bits per heavy atom. The summed E-state index contributed by atoms with van der Waals surface area (Å²) in [6.07, 6.45) is 2.58. The van der Waals surface area contributed by atoms with Crippen LogP contribution in [0.2, 0.25) is 0 Å². The normalized spacial score (nSPS) is 28.6. The molecule has 21 heavy (non-hydrogen) atoms. The Morgan fingerprint density at radius 1 is 1.67 bits per heavy atom. The van der Waals surface area contributed by atoms with Gasteiger partial charge in [0.25, 0.3) is 5.91 Å². The first-order chi connectivity index (χ1) is 10.1. The van der Waals surface area contributed by atoms with Crippen molar-refractivity contribution in [1.29, 1.82) is 0 Å². The fourth-order valence-electron chi connectivity index (χ4n) is 3.49. The van der Waals surface area contributed by atoms with E-state index in [9.17, 15) is 9.59 Å². The highest BCUT2D eigenvalue weighted by Gasteiger charge is 2.55. The first-order valence-corrected chi connectivity index (χ1v) is 8.10. The van der Waals surface area contributed by atoms with E-state index in [4.69, 9.17) is 0 Å². The molecule has 0 unspecified atom stereocenters. The predicted octanol–water partition coefficient (Wildman–Crippen LogP) is 1.64. The van der Waals surface area contributed by atoms with E-state index >= 15 is 0 Å². The van der Waals surface area contributed by atoms with Crippen LogP contribution in [0.1, 0.15) is 23.8 Å². The molecule has 0 radical (unpaired) electrons. The molecule has 112 valence electrons. The zero-order valence-electron chi connectivity index (χ0n) is 12.1. The van der Waals surface area contributed by atoms with Crippen LogP contribution in [0.15, 0.2) is 23.5 Å². The van der Waals surface area contributed by atoms with Gasteiger partial charge in [0, 0.05) is 31.6 Å². The SMILES string of the molecule is C=CCN1CC[C@]2(CN(C(=O)c3cscn3)C[C@H]2C)C1=O. The quantitative estimate of drug-likeness (QED) is 0.798. The van der Waals surface area contributed by atoms with Crippen molar-refractivity contribution >= 4 is 23.2 Å². The molecule has 1 spiro atoms. The fourth-order valence-corrected chi connectivity index (χ4v) is 4.02. The van der Waals surface area contributed by atoms with E-state index in [0.29, 0.717) is 25.3 Å². The number of hydrogen-bond acceptors (Lipinski definition) is 4. The van der Waals surface area contributed by atoms with Crippen molar-refractivity contribution < 1.29 is 9.59 Å². The minimum absolute atomic E-state index is 0.0602. The standard InChI is InChI=1S/C15H19N3O2S/c1-3-5-17-6-4-15(14(17)20)9-18(7-11(15)2)13(19)12-8-21-10-16-12/h3,8,10-11H,1,4-7,9H2,2H3/t11-,15-/m1/s1. The molecule has 6 heteroatoms. The van der Waals surface area contributed by atoms with E-state index in [1.165, 1.54) is 11.3 Å². The summed E-state index contributed by atoms with van der Waals surface area (Å²) in [6.45, 7) is 8.27. The monoisotopic (exact) mass is 305 g/mol. The Hall–Kier alpha value is -1.69. The number of hydrogen-bond donors (Lipinski definition) is 0. The number of likely N-dealkylation sites (tertiary alicyclic amines) is 2. The van der Waals surface area contributed by atoms with E-state index < -0.39 is 5.41 Å². The molecule has 0 aromatic carbocycles. The molecule has 2 amide bonds. The van der Waals surface area contributed by atoms with E-state index in [2.05, 4.69) is 18.5 Å². The highest BCUT2D eigenvalue weighted by atomic mass is 32.1. The largest absolute Gasteiger partial charge is 0.338 e. The third-order valence-corrected chi connectivity index (χ3v) is 5.33. The van der Waals surface area contributed by atoms with Gasteiger partial charge in [-0.3, -0.25) is 9.59 Å². The van der Waals surface area contributed by atoms with Crippen LogP contribution in [0.5, 0.6) is 0 Å². The lowest BCUT2D eigenvalue weighted by Crippen LogP contribution is -2.40. The highest BCUT2D eigenvalue weighted by Crippen LogP contribution is 2.44. The lowest BCUT2D eigenvalue weighted by molar-refractivity contribution is -0.136. The third kappa shape index (κ3) is 2.18. The predicted molar refractivity (Wildman–Crippen MR) is 81.0 cm³/mol. The Labute approximate surface area is 128 Å². The van der Waals surface area contributed by atoms with Crippen molar-refractivity contribution in [3.63, 3.8) is 0 Å². The molecule has 2 atom stereocenters. The topological polar surface area (TPSA) is 53.5 Å². The molecule has 5 nitrogen and oxygen atoms in total. The lowest BCUT2D eigenvalue weighted by Gasteiger charge is -2.26. The summed E-state index contributed by atoms with van der Waals surface area (Å²) in [4.78, 5) is 32.9. The van der Waals surface area contributed by atoms with Crippen LogP contribution < -0.4 is 0 Å². The fraction of sp³-hybridized carbons (Fsp3) is 0.533. The maximum absolute atomic E-state index is 12.7. The van der Waals surface area contributed by atoms with Gasteiger partial charge in [0.2, 0.25) is 5.91 Å².